The van der Waals surface area contributed by atoms with E-state index in [4.69, 9.17) is 0 Å². The van der Waals surface area contributed by atoms with Crippen LogP contribution in [0.5, 0.6) is 0 Å². The van der Waals surface area contributed by atoms with Gasteiger partial charge >= 0.3 is 6.18 Å². The fourth-order valence-corrected chi connectivity index (χ4v) is 2.62. The predicted molar refractivity (Wildman–Crippen MR) is 86.4 cm³/mol. The molecule has 0 fully saturated rings. The Morgan fingerprint density at radius 3 is 2.50 bits per heavy atom. The number of aromatic nitrogens is 3. The van der Waals surface area contributed by atoms with Gasteiger partial charge in [0.05, 0.1) is 17.8 Å². The number of halogens is 4. The van der Waals surface area contributed by atoms with Crippen molar-refractivity contribution in [2.45, 2.75) is 32.0 Å². The third-order valence-corrected chi connectivity index (χ3v) is 4.35. The summed E-state index contributed by atoms with van der Waals surface area (Å²) < 4.78 is 40.2. The van der Waals surface area contributed by atoms with E-state index in [2.05, 4.69) is 39.5 Å². The second-order valence-corrected chi connectivity index (χ2v) is 5.88. The van der Waals surface area contributed by atoms with E-state index in [0.29, 0.717) is 6.54 Å². The van der Waals surface area contributed by atoms with E-state index in [9.17, 15) is 13.2 Å². The number of hydrogen-bond donors (Lipinski definition) is 0. The molecule has 0 unspecified atom stereocenters. The minimum atomic E-state index is -4.31. The van der Waals surface area contributed by atoms with Crippen LogP contribution in [-0.2, 0) is 19.1 Å². The van der Waals surface area contributed by atoms with Gasteiger partial charge in [-0.2, -0.15) is 13.2 Å². The predicted octanol–water partition coefficient (Wildman–Crippen LogP) is 4.46. The van der Waals surface area contributed by atoms with Gasteiger partial charge in [-0.1, -0.05) is 23.4 Å². The van der Waals surface area contributed by atoms with E-state index in [-0.39, 0.29) is 0 Å². The second kappa shape index (κ2) is 7.26. The van der Waals surface area contributed by atoms with Crippen molar-refractivity contribution in [3.8, 4) is 0 Å². The average Bonchev–Trinajstić information content (AvgIpc) is 2.80. The van der Waals surface area contributed by atoms with Gasteiger partial charge in [0.1, 0.15) is 3.70 Å². The van der Waals surface area contributed by atoms with Gasteiger partial charge in [0.25, 0.3) is 0 Å². The first-order valence-electron chi connectivity index (χ1n) is 6.76. The minimum Gasteiger partial charge on any atom is -0.234 e. The Labute approximate surface area is 140 Å². The van der Waals surface area contributed by atoms with Gasteiger partial charge in [-0.25, -0.2) is 4.68 Å². The zero-order valence-corrected chi connectivity index (χ0v) is 13.9. The Morgan fingerprint density at radius 2 is 1.91 bits per heavy atom. The molecule has 3 nitrogen and oxygen atoms in total. The number of rotatable bonds is 6. The van der Waals surface area contributed by atoms with Crippen molar-refractivity contribution in [2.75, 3.05) is 0 Å². The summed E-state index contributed by atoms with van der Waals surface area (Å²) >= 11 is 2.17. The lowest BCUT2D eigenvalue weighted by atomic mass is 10.1. The van der Waals surface area contributed by atoms with Crippen LogP contribution in [0.1, 0.15) is 29.7 Å². The monoisotopic (exact) mass is 421 g/mol. The second-order valence-electron chi connectivity index (χ2n) is 4.86. The minimum absolute atomic E-state index is 0.408. The number of nitrogens with zero attached hydrogens (tertiary/aromatic N) is 3. The SMILES string of the molecule is C=CCCCc1nnn(Cc2ccc(C(F)(F)F)cc2)c1I. The van der Waals surface area contributed by atoms with Crippen LogP contribution in [0.2, 0.25) is 0 Å². The molecule has 118 valence electrons. The van der Waals surface area contributed by atoms with Crippen LogP contribution < -0.4 is 0 Å². The Bertz CT molecular complexity index is 632. The van der Waals surface area contributed by atoms with Gasteiger partial charge in [0.2, 0.25) is 0 Å². The molecule has 7 heteroatoms. The quantitative estimate of drug-likeness (QED) is 0.392. The van der Waals surface area contributed by atoms with Gasteiger partial charge < -0.3 is 0 Å². The topological polar surface area (TPSA) is 30.7 Å². The number of hydrogen-bond acceptors (Lipinski definition) is 2. The van der Waals surface area contributed by atoms with Gasteiger partial charge in [-0.05, 0) is 59.5 Å². The van der Waals surface area contributed by atoms with Crippen LogP contribution in [0.3, 0.4) is 0 Å². The van der Waals surface area contributed by atoms with Crippen LogP contribution in [0.15, 0.2) is 36.9 Å². The fourth-order valence-electron chi connectivity index (χ4n) is 1.98. The summed E-state index contributed by atoms with van der Waals surface area (Å²) in [6.45, 7) is 4.08. The van der Waals surface area contributed by atoms with Gasteiger partial charge in [-0.3, -0.25) is 0 Å². The highest BCUT2D eigenvalue weighted by Gasteiger charge is 2.29. The normalized spacial score (nSPS) is 11.6. The lowest BCUT2D eigenvalue weighted by Crippen LogP contribution is -2.07. The van der Waals surface area contributed by atoms with Crippen LogP contribution in [0.25, 0.3) is 0 Å². The molecule has 0 bridgehead atoms. The summed E-state index contributed by atoms with van der Waals surface area (Å²) in [6, 6.07) is 5.12. The zero-order valence-electron chi connectivity index (χ0n) is 11.8. The van der Waals surface area contributed by atoms with Gasteiger partial charge in [0, 0.05) is 0 Å². The summed E-state index contributed by atoms with van der Waals surface area (Å²) in [5.41, 5.74) is 1.03. The highest BCUT2D eigenvalue weighted by molar-refractivity contribution is 14.1. The largest absolute Gasteiger partial charge is 0.416 e. The van der Waals surface area contributed by atoms with Crippen molar-refractivity contribution in [3.05, 3.63) is 57.4 Å². The van der Waals surface area contributed by atoms with Crippen molar-refractivity contribution in [2.24, 2.45) is 0 Å². The first kappa shape index (κ1) is 17.0. The van der Waals surface area contributed by atoms with E-state index >= 15 is 0 Å². The lowest BCUT2D eigenvalue weighted by Gasteiger charge is -2.08. The lowest BCUT2D eigenvalue weighted by molar-refractivity contribution is -0.137. The molecule has 0 atom stereocenters. The molecule has 0 aliphatic rings. The van der Waals surface area contributed by atoms with Gasteiger partial charge in [0.15, 0.2) is 0 Å². The summed E-state index contributed by atoms with van der Waals surface area (Å²) in [5, 5.41) is 8.20. The van der Waals surface area contributed by atoms with Crippen LogP contribution >= 0.6 is 22.6 Å². The Balaban J connectivity index is 2.06. The maximum atomic E-state index is 12.5. The Hall–Kier alpha value is -1.38. The highest BCUT2D eigenvalue weighted by Crippen LogP contribution is 2.29. The van der Waals surface area contributed by atoms with Crippen molar-refractivity contribution in [1.82, 2.24) is 15.0 Å². The number of allylic oxidation sites excluding steroid dienone is 1. The molecule has 1 heterocycles. The highest BCUT2D eigenvalue weighted by atomic mass is 127. The molecule has 0 N–H and O–H groups in total. The van der Waals surface area contributed by atoms with Crippen LogP contribution in [0.4, 0.5) is 13.2 Å². The number of unbranched alkanes of at least 4 members (excludes halogenated alkanes) is 1. The number of alkyl halides is 3. The molecule has 1 aromatic heterocycles. The molecular formula is C15H15F3IN3. The first-order chi connectivity index (χ1) is 10.4. The molecule has 0 amide bonds. The standard InChI is InChI=1S/C15H15F3IN3/c1-2-3-4-5-13-14(19)22(21-20-13)10-11-6-8-12(9-7-11)15(16,17)18/h2,6-9H,1,3-5,10H2. The molecule has 0 saturated heterocycles. The van der Waals surface area contributed by atoms with E-state index in [1.54, 1.807) is 4.68 Å². The van der Waals surface area contributed by atoms with Crippen molar-refractivity contribution < 1.29 is 13.2 Å². The molecule has 0 aliphatic carbocycles. The molecule has 1 aromatic carbocycles. The van der Waals surface area contributed by atoms with Crippen molar-refractivity contribution in [1.29, 1.82) is 0 Å². The fraction of sp³-hybridized carbons (Fsp3) is 0.333. The summed E-state index contributed by atoms with van der Waals surface area (Å²) in [5.74, 6) is 0. The molecule has 0 radical (unpaired) electrons. The number of benzene rings is 1. The Kier molecular flexibility index (Phi) is 5.60. The van der Waals surface area contributed by atoms with E-state index in [1.165, 1.54) is 12.1 Å². The Morgan fingerprint density at radius 1 is 1.23 bits per heavy atom. The average molecular weight is 421 g/mol. The van der Waals surface area contributed by atoms with E-state index in [1.807, 2.05) is 6.08 Å². The molecule has 2 rings (SSSR count). The van der Waals surface area contributed by atoms with Crippen molar-refractivity contribution in [3.63, 3.8) is 0 Å². The van der Waals surface area contributed by atoms with E-state index in [0.717, 1.165) is 46.4 Å². The van der Waals surface area contributed by atoms with Crippen LogP contribution in [0, 0.1) is 3.70 Å². The molecule has 2 aromatic rings. The zero-order chi connectivity index (χ0) is 16.2. The molecular weight excluding hydrogens is 406 g/mol. The third kappa shape index (κ3) is 4.31. The molecule has 22 heavy (non-hydrogen) atoms. The summed E-state index contributed by atoms with van der Waals surface area (Å²) in [4.78, 5) is 0. The van der Waals surface area contributed by atoms with E-state index < -0.39 is 11.7 Å². The molecule has 0 aliphatic heterocycles. The smallest absolute Gasteiger partial charge is 0.234 e. The first-order valence-corrected chi connectivity index (χ1v) is 7.84. The third-order valence-electron chi connectivity index (χ3n) is 3.17. The number of aryl methyl sites for hydroxylation is 1. The van der Waals surface area contributed by atoms with Crippen LogP contribution in [-0.4, -0.2) is 15.0 Å². The maximum absolute atomic E-state index is 12.5. The van der Waals surface area contributed by atoms with Gasteiger partial charge in [-0.15, -0.1) is 11.7 Å². The van der Waals surface area contributed by atoms with Crippen molar-refractivity contribution >= 4 is 22.6 Å². The summed E-state index contributed by atoms with van der Waals surface area (Å²) in [6.07, 6.45) is 0.246. The maximum Gasteiger partial charge on any atom is 0.416 e. The molecule has 0 saturated carbocycles. The molecule has 0 spiro atoms. The summed E-state index contributed by atoms with van der Waals surface area (Å²) in [7, 11) is 0.